The Morgan fingerprint density at radius 2 is 1.62 bits per heavy atom. The molecule has 0 bridgehead atoms. The van der Waals surface area contributed by atoms with Crippen molar-refractivity contribution in [3.8, 4) is 0 Å². The van der Waals surface area contributed by atoms with Gasteiger partial charge in [-0.2, -0.15) is 5.10 Å². The van der Waals surface area contributed by atoms with Crippen LogP contribution in [0.1, 0.15) is 17.0 Å². The minimum Gasteiger partial charge on any atom is -0.305 e. The molecule has 1 N–H and O–H groups in total. The topological polar surface area (TPSA) is 44.7 Å². The van der Waals surface area contributed by atoms with E-state index in [9.17, 15) is 4.79 Å². The van der Waals surface area contributed by atoms with E-state index in [0.717, 1.165) is 16.8 Å². The zero-order valence-corrected chi connectivity index (χ0v) is 17.4. The number of benzene rings is 3. The maximum absolute atomic E-state index is 12.9. The highest BCUT2D eigenvalue weighted by Gasteiger charge is 2.32. The molecule has 0 radical (unpaired) electrons. The monoisotopic (exact) mass is 443 g/mol. The van der Waals surface area contributed by atoms with Crippen LogP contribution < -0.4 is 5.32 Å². The predicted octanol–water partition coefficient (Wildman–Crippen LogP) is 6.68. The van der Waals surface area contributed by atoms with E-state index in [-0.39, 0.29) is 11.9 Å². The third-order valence-electron chi connectivity index (χ3n) is 4.66. The van der Waals surface area contributed by atoms with Crippen LogP contribution in [0.5, 0.6) is 0 Å². The number of rotatable bonds is 3. The van der Waals surface area contributed by atoms with E-state index in [1.165, 1.54) is 5.01 Å². The van der Waals surface area contributed by atoms with Crippen LogP contribution in [0.25, 0.3) is 0 Å². The van der Waals surface area contributed by atoms with E-state index < -0.39 is 0 Å². The molecule has 0 aliphatic carbocycles. The second kappa shape index (κ2) is 8.46. The molecule has 146 valence electrons. The van der Waals surface area contributed by atoms with E-state index >= 15 is 0 Å². The van der Waals surface area contributed by atoms with Crippen molar-refractivity contribution in [2.75, 3.05) is 11.9 Å². The van der Waals surface area contributed by atoms with Crippen molar-refractivity contribution >= 4 is 52.2 Å². The first-order chi connectivity index (χ1) is 14.0. The summed E-state index contributed by atoms with van der Waals surface area (Å²) in [6.07, 6.45) is 0. The Kier molecular flexibility index (Phi) is 5.76. The first kappa shape index (κ1) is 19.8. The summed E-state index contributed by atoms with van der Waals surface area (Å²) in [4.78, 5) is 12.9. The van der Waals surface area contributed by atoms with Gasteiger partial charge in [-0.3, -0.25) is 0 Å². The minimum absolute atomic E-state index is 0.0520. The molecule has 1 heterocycles. The molecule has 1 aliphatic rings. The van der Waals surface area contributed by atoms with Gasteiger partial charge in [-0.15, -0.1) is 0 Å². The zero-order chi connectivity index (χ0) is 20.4. The first-order valence-corrected chi connectivity index (χ1v) is 10.1. The van der Waals surface area contributed by atoms with Gasteiger partial charge in [0.05, 0.1) is 23.0 Å². The standard InChI is InChI=1S/C22H16Cl3N3O/c23-16-8-6-15(7-9-16)21-18(14-4-2-1-3-5-14)13-28(27-21)22(29)26-20-11-10-17(24)12-19(20)25/h1-12,18H,13H2,(H,26,29). The predicted molar refractivity (Wildman–Crippen MR) is 119 cm³/mol. The van der Waals surface area contributed by atoms with Gasteiger partial charge in [0, 0.05) is 16.0 Å². The number of carbonyl (C=O) groups excluding carboxylic acids is 1. The Bertz CT molecular complexity index is 1070. The second-order valence-corrected chi connectivity index (χ2v) is 7.87. The van der Waals surface area contributed by atoms with E-state index in [0.29, 0.717) is 27.3 Å². The molecule has 7 heteroatoms. The van der Waals surface area contributed by atoms with Gasteiger partial charge >= 0.3 is 6.03 Å². The van der Waals surface area contributed by atoms with Crippen molar-refractivity contribution in [2.45, 2.75) is 5.92 Å². The fourth-order valence-electron chi connectivity index (χ4n) is 3.23. The SMILES string of the molecule is O=C(Nc1ccc(Cl)cc1Cl)N1CC(c2ccccc2)C(c2ccc(Cl)cc2)=N1. The van der Waals surface area contributed by atoms with Crippen LogP contribution in [0.4, 0.5) is 10.5 Å². The van der Waals surface area contributed by atoms with Gasteiger partial charge in [0.25, 0.3) is 0 Å². The average molecular weight is 445 g/mol. The maximum Gasteiger partial charge on any atom is 0.342 e. The molecule has 1 atom stereocenters. The van der Waals surface area contributed by atoms with Gasteiger partial charge in [-0.1, -0.05) is 77.3 Å². The molecule has 0 fully saturated rings. The molecule has 2 amide bonds. The van der Waals surface area contributed by atoms with Crippen LogP contribution in [0.3, 0.4) is 0 Å². The molecule has 1 aliphatic heterocycles. The number of halogens is 3. The molecular formula is C22H16Cl3N3O. The van der Waals surface area contributed by atoms with Crippen LogP contribution in [-0.4, -0.2) is 23.3 Å². The summed E-state index contributed by atoms with van der Waals surface area (Å²) in [5.74, 6) is -0.0520. The Morgan fingerprint density at radius 3 is 2.31 bits per heavy atom. The quantitative estimate of drug-likeness (QED) is 0.481. The van der Waals surface area contributed by atoms with Gasteiger partial charge in [-0.25, -0.2) is 9.80 Å². The van der Waals surface area contributed by atoms with E-state index in [2.05, 4.69) is 10.4 Å². The maximum atomic E-state index is 12.9. The molecule has 0 saturated carbocycles. The van der Waals surface area contributed by atoms with Crippen molar-refractivity contribution in [2.24, 2.45) is 5.10 Å². The molecule has 0 aromatic heterocycles. The largest absolute Gasteiger partial charge is 0.342 e. The number of nitrogens with zero attached hydrogens (tertiary/aromatic N) is 2. The number of amides is 2. The molecule has 3 aromatic rings. The fraction of sp³-hybridized carbons (Fsp3) is 0.0909. The Morgan fingerprint density at radius 1 is 0.931 bits per heavy atom. The van der Waals surface area contributed by atoms with Crippen molar-refractivity contribution < 1.29 is 4.79 Å². The van der Waals surface area contributed by atoms with E-state index in [1.54, 1.807) is 18.2 Å². The lowest BCUT2D eigenvalue weighted by molar-refractivity contribution is 0.218. The van der Waals surface area contributed by atoms with Crippen molar-refractivity contribution in [1.82, 2.24) is 5.01 Å². The lowest BCUT2D eigenvalue weighted by atomic mass is 9.91. The number of urea groups is 1. The lowest BCUT2D eigenvalue weighted by Crippen LogP contribution is -2.30. The number of nitrogens with one attached hydrogen (secondary N) is 1. The fourth-order valence-corrected chi connectivity index (χ4v) is 3.81. The summed E-state index contributed by atoms with van der Waals surface area (Å²) < 4.78 is 0. The van der Waals surface area contributed by atoms with Crippen LogP contribution in [0.2, 0.25) is 15.1 Å². The molecule has 1 unspecified atom stereocenters. The number of hydrogen-bond donors (Lipinski definition) is 1. The second-order valence-electron chi connectivity index (χ2n) is 6.59. The minimum atomic E-state index is -0.362. The summed E-state index contributed by atoms with van der Waals surface area (Å²) in [5, 5.41) is 10.4. The smallest absolute Gasteiger partial charge is 0.305 e. The summed E-state index contributed by atoms with van der Waals surface area (Å²) in [5.41, 5.74) is 3.29. The summed E-state index contributed by atoms with van der Waals surface area (Å²) in [6, 6.07) is 22.0. The normalized spacial score (nSPS) is 15.9. The Balaban J connectivity index is 1.63. The van der Waals surface area contributed by atoms with Gasteiger partial charge in [-0.05, 0) is 41.5 Å². The average Bonchev–Trinajstić information content (AvgIpc) is 3.17. The molecular weight excluding hydrogens is 429 g/mol. The van der Waals surface area contributed by atoms with Crippen LogP contribution >= 0.6 is 34.8 Å². The van der Waals surface area contributed by atoms with Crippen molar-refractivity contribution in [1.29, 1.82) is 0 Å². The molecule has 3 aromatic carbocycles. The first-order valence-electron chi connectivity index (χ1n) is 8.94. The number of carbonyl (C=O) groups is 1. The summed E-state index contributed by atoms with van der Waals surface area (Å²) in [7, 11) is 0. The Labute approximate surface area is 183 Å². The van der Waals surface area contributed by atoms with Gasteiger partial charge in [0.15, 0.2) is 0 Å². The van der Waals surface area contributed by atoms with Crippen LogP contribution in [-0.2, 0) is 0 Å². The summed E-state index contributed by atoms with van der Waals surface area (Å²) >= 11 is 18.1. The Hall–Kier alpha value is -2.53. The number of hydrazone groups is 1. The highest BCUT2D eigenvalue weighted by molar-refractivity contribution is 6.36. The van der Waals surface area contributed by atoms with Crippen molar-refractivity contribution in [3.63, 3.8) is 0 Å². The molecule has 0 spiro atoms. The molecule has 4 rings (SSSR count). The third-order valence-corrected chi connectivity index (χ3v) is 5.46. The molecule has 4 nitrogen and oxygen atoms in total. The van der Waals surface area contributed by atoms with Gasteiger partial charge in [0.2, 0.25) is 0 Å². The number of hydrogen-bond acceptors (Lipinski definition) is 2. The number of anilines is 1. The highest BCUT2D eigenvalue weighted by atomic mass is 35.5. The van der Waals surface area contributed by atoms with Crippen molar-refractivity contribution in [3.05, 3.63) is 99.0 Å². The van der Waals surface area contributed by atoms with Gasteiger partial charge in [0.1, 0.15) is 0 Å². The molecule has 0 saturated heterocycles. The summed E-state index contributed by atoms with van der Waals surface area (Å²) in [6.45, 7) is 0.416. The van der Waals surface area contributed by atoms with Crippen LogP contribution in [0.15, 0.2) is 77.9 Å². The highest BCUT2D eigenvalue weighted by Crippen LogP contribution is 2.31. The van der Waals surface area contributed by atoms with E-state index in [1.807, 2.05) is 54.6 Å². The van der Waals surface area contributed by atoms with Gasteiger partial charge < -0.3 is 5.32 Å². The molecule has 29 heavy (non-hydrogen) atoms. The lowest BCUT2D eigenvalue weighted by Gasteiger charge is -2.16. The zero-order valence-electron chi connectivity index (χ0n) is 15.1. The third kappa shape index (κ3) is 4.40. The van der Waals surface area contributed by atoms with E-state index in [4.69, 9.17) is 34.8 Å². The van der Waals surface area contributed by atoms with Crippen LogP contribution in [0, 0.1) is 0 Å².